The van der Waals surface area contributed by atoms with E-state index in [1.807, 2.05) is 6.07 Å². The summed E-state index contributed by atoms with van der Waals surface area (Å²) in [6.07, 6.45) is 1.35. The van der Waals surface area contributed by atoms with Crippen LogP contribution < -0.4 is 0 Å². The standard InChI is InChI=1S/C16H10N2O3/c17-11-14(16(19)13-6-2-1-3-7-13)9-12-5-4-8-15(10-12)18(20)21/h1-10H. The number of nitriles is 1. The molecule has 5 nitrogen and oxygen atoms in total. The summed E-state index contributed by atoms with van der Waals surface area (Å²) in [7, 11) is 0. The number of Topliss-reactive ketones (excluding diaryl/α,β-unsaturated/α-hetero) is 1. The molecule has 0 bridgehead atoms. The fourth-order valence-corrected chi connectivity index (χ4v) is 1.79. The van der Waals surface area contributed by atoms with Gasteiger partial charge in [0.2, 0.25) is 5.78 Å². The summed E-state index contributed by atoms with van der Waals surface area (Å²) in [6, 6.07) is 16.0. The third-order valence-electron chi connectivity index (χ3n) is 2.79. The number of carbonyl (C=O) groups excluding carboxylic acids is 1. The maximum absolute atomic E-state index is 12.2. The zero-order chi connectivity index (χ0) is 15.2. The number of hydrogen-bond acceptors (Lipinski definition) is 4. The van der Waals surface area contributed by atoms with Crippen LogP contribution in [0.5, 0.6) is 0 Å². The zero-order valence-corrected chi connectivity index (χ0v) is 10.9. The highest BCUT2D eigenvalue weighted by molar-refractivity contribution is 6.14. The Morgan fingerprint density at radius 2 is 1.86 bits per heavy atom. The monoisotopic (exact) mass is 278 g/mol. The number of allylic oxidation sites excluding steroid dienone is 1. The van der Waals surface area contributed by atoms with Crippen molar-refractivity contribution in [1.82, 2.24) is 0 Å². The fraction of sp³-hybridized carbons (Fsp3) is 0. The number of non-ortho nitro benzene ring substituents is 1. The van der Waals surface area contributed by atoms with Gasteiger partial charge in [0, 0.05) is 17.7 Å². The van der Waals surface area contributed by atoms with Gasteiger partial charge in [-0.2, -0.15) is 5.26 Å². The van der Waals surface area contributed by atoms with E-state index >= 15 is 0 Å². The Kier molecular flexibility index (Phi) is 4.22. The highest BCUT2D eigenvalue weighted by atomic mass is 16.6. The molecule has 0 radical (unpaired) electrons. The molecule has 21 heavy (non-hydrogen) atoms. The van der Waals surface area contributed by atoms with E-state index in [0.717, 1.165) is 0 Å². The normalized spacial score (nSPS) is 10.7. The van der Waals surface area contributed by atoms with Crippen molar-refractivity contribution < 1.29 is 9.72 Å². The molecule has 0 saturated carbocycles. The SMILES string of the molecule is N#CC(=Cc1cccc([N+](=O)[O-])c1)C(=O)c1ccccc1. The summed E-state index contributed by atoms with van der Waals surface area (Å²) >= 11 is 0. The minimum Gasteiger partial charge on any atom is -0.288 e. The molecule has 0 aliphatic heterocycles. The average molecular weight is 278 g/mol. The maximum atomic E-state index is 12.2. The van der Waals surface area contributed by atoms with Crippen molar-refractivity contribution in [2.24, 2.45) is 0 Å². The van der Waals surface area contributed by atoms with Gasteiger partial charge in [0.1, 0.15) is 11.6 Å². The second kappa shape index (κ2) is 6.26. The molecule has 0 fully saturated rings. The molecule has 0 heterocycles. The van der Waals surface area contributed by atoms with Crippen LogP contribution in [0.25, 0.3) is 6.08 Å². The van der Waals surface area contributed by atoms with E-state index in [-0.39, 0.29) is 11.3 Å². The second-order valence-electron chi connectivity index (χ2n) is 4.22. The second-order valence-corrected chi connectivity index (χ2v) is 4.22. The van der Waals surface area contributed by atoms with E-state index < -0.39 is 10.7 Å². The molecule has 0 atom stereocenters. The predicted octanol–water partition coefficient (Wildman–Crippen LogP) is 3.38. The van der Waals surface area contributed by atoms with Crippen molar-refractivity contribution in [3.05, 3.63) is 81.4 Å². The number of carbonyl (C=O) groups is 1. The molecule has 0 saturated heterocycles. The number of nitrogens with zero attached hydrogens (tertiary/aromatic N) is 2. The summed E-state index contributed by atoms with van der Waals surface area (Å²) in [4.78, 5) is 22.4. The van der Waals surface area contributed by atoms with Crippen molar-refractivity contribution >= 4 is 17.5 Å². The van der Waals surface area contributed by atoms with Crippen molar-refractivity contribution in [1.29, 1.82) is 5.26 Å². The van der Waals surface area contributed by atoms with E-state index in [9.17, 15) is 14.9 Å². The number of ketones is 1. The van der Waals surface area contributed by atoms with Crippen LogP contribution in [0.1, 0.15) is 15.9 Å². The fourth-order valence-electron chi connectivity index (χ4n) is 1.79. The Labute approximate surface area is 120 Å². The minimum absolute atomic E-state index is 0.0679. The Balaban J connectivity index is 2.38. The molecule has 0 N–H and O–H groups in total. The van der Waals surface area contributed by atoms with Gasteiger partial charge in [-0.25, -0.2) is 0 Å². The lowest BCUT2D eigenvalue weighted by Crippen LogP contribution is -2.01. The molecule has 0 aliphatic carbocycles. The molecular weight excluding hydrogens is 268 g/mol. The van der Waals surface area contributed by atoms with Crippen LogP contribution in [-0.2, 0) is 0 Å². The smallest absolute Gasteiger partial charge is 0.270 e. The predicted molar refractivity (Wildman–Crippen MR) is 77.5 cm³/mol. The Morgan fingerprint density at radius 1 is 1.14 bits per heavy atom. The average Bonchev–Trinajstić information content (AvgIpc) is 2.53. The summed E-state index contributed by atoms with van der Waals surface area (Å²) in [5.41, 5.74) is 0.677. The van der Waals surface area contributed by atoms with Crippen LogP contribution in [-0.4, -0.2) is 10.7 Å². The first-order valence-corrected chi connectivity index (χ1v) is 6.08. The van der Waals surface area contributed by atoms with Crippen molar-refractivity contribution in [3.8, 4) is 6.07 Å². The summed E-state index contributed by atoms with van der Waals surface area (Å²) < 4.78 is 0. The molecule has 0 unspecified atom stereocenters. The summed E-state index contributed by atoms with van der Waals surface area (Å²) in [5, 5.41) is 19.8. The first kappa shape index (κ1) is 14.2. The molecule has 0 amide bonds. The van der Waals surface area contributed by atoms with Crippen LogP contribution in [0.3, 0.4) is 0 Å². The lowest BCUT2D eigenvalue weighted by Gasteiger charge is -1.99. The molecule has 0 aliphatic rings. The Bertz CT molecular complexity index is 759. The lowest BCUT2D eigenvalue weighted by atomic mass is 10.0. The van der Waals surface area contributed by atoms with Gasteiger partial charge < -0.3 is 0 Å². The molecule has 2 aromatic rings. The van der Waals surface area contributed by atoms with Gasteiger partial charge in [-0.3, -0.25) is 14.9 Å². The zero-order valence-electron chi connectivity index (χ0n) is 10.9. The van der Waals surface area contributed by atoms with Crippen LogP contribution in [0.4, 0.5) is 5.69 Å². The van der Waals surface area contributed by atoms with Gasteiger partial charge in [-0.1, -0.05) is 42.5 Å². The first-order chi connectivity index (χ1) is 10.1. The number of nitro groups is 1. The quantitative estimate of drug-likeness (QED) is 0.282. The molecule has 2 rings (SSSR count). The lowest BCUT2D eigenvalue weighted by molar-refractivity contribution is -0.384. The minimum atomic E-state index is -0.525. The molecule has 5 heteroatoms. The van der Waals surface area contributed by atoms with E-state index in [1.165, 1.54) is 24.3 Å². The van der Waals surface area contributed by atoms with Crippen LogP contribution in [0, 0.1) is 21.4 Å². The van der Waals surface area contributed by atoms with Crippen molar-refractivity contribution in [3.63, 3.8) is 0 Å². The van der Waals surface area contributed by atoms with Gasteiger partial charge in [0.05, 0.1) is 4.92 Å². The Hall–Kier alpha value is -3.26. The highest BCUT2D eigenvalue weighted by Gasteiger charge is 2.12. The third-order valence-corrected chi connectivity index (χ3v) is 2.79. The van der Waals surface area contributed by atoms with Crippen LogP contribution >= 0.6 is 0 Å². The van der Waals surface area contributed by atoms with Gasteiger partial charge in [0.15, 0.2) is 0 Å². The summed E-state index contributed by atoms with van der Waals surface area (Å²) in [6.45, 7) is 0. The topological polar surface area (TPSA) is 84.0 Å². The molecule has 0 spiro atoms. The van der Waals surface area contributed by atoms with E-state index in [4.69, 9.17) is 5.26 Å². The number of benzene rings is 2. The van der Waals surface area contributed by atoms with E-state index in [0.29, 0.717) is 11.1 Å². The number of hydrogen-bond donors (Lipinski definition) is 0. The number of rotatable bonds is 4. The van der Waals surface area contributed by atoms with Gasteiger partial charge in [-0.05, 0) is 11.6 Å². The van der Waals surface area contributed by atoms with Gasteiger partial charge in [0.25, 0.3) is 5.69 Å². The molecule has 0 aromatic heterocycles. The van der Waals surface area contributed by atoms with Crippen LogP contribution in [0.15, 0.2) is 60.2 Å². The van der Waals surface area contributed by atoms with E-state index in [1.54, 1.807) is 36.4 Å². The van der Waals surface area contributed by atoms with Gasteiger partial charge >= 0.3 is 0 Å². The van der Waals surface area contributed by atoms with Crippen molar-refractivity contribution in [2.75, 3.05) is 0 Å². The Morgan fingerprint density at radius 3 is 2.48 bits per heavy atom. The molecular formula is C16H10N2O3. The van der Waals surface area contributed by atoms with Gasteiger partial charge in [-0.15, -0.1) is 0 Å². The molecule has 2 aromatic carbocycles. The summed E-state index contributed by atoms with van der Waals surface area (Å²) in [5.74, 6) is -0.412. The molecule has 102 valence electrons. The van der Waals surface area contributed by atoms with E-state index in [2.05, 4.69) is 0 Å². The largest absolute Gasteiger partial charge is 0.288 e. The van der Waals surface area contributed by atoms with Crippen LogP contribution in [0.2, 0.25) is 0 Å². The number of nitro benzene ring substituents is 1. The third kappa shape index (κ3) is 3.39. The maximum Gasteiger partial charge on any atom is 0.270 e. The van der Waals surface area contributed by atoms with Crippen molar-refractivity contribution in [2.45, 2.75) is 0 Å². The first-order valence-electron chi connectivity index (χ1n) is 6.08. The highest BCUT2D eigenvalue weighted by Crippen LogP contribution is 2.17.